The largest absolute Gasteiger partial charge is 0.494 e. The number of benzene rings is 2. The molecule has 1 aromatic heterocycles. The van der Waals surface area contributed by atoms with Gasteiger partial charge in [0.15, 0.2) is 17.3 Å². The lowest BCUT2D eigenvalue weighted by atomic mass is 9.95. The molecule has 0 radical (unpaired) electrons. The van der Waals surface area contributed by atoms with Crippen molar-refractivity contribution in [2.45, 2.75) is 13.8 Å². The average molecular weight is 416 g/mol. The highest BCUT2D eigenvalue weighted by molar-refractivity contribution is 6.30. The molecule has 0 spiro atoms. The van der Waals surface area contributed by atoms with Crippen LogP contribution in [-0.2, 0) is 0 Å². The molecule has 32 heavy (non-hydrogen) atoms. The maximum absolute atomic E-state index is 12.8. The SMILES string of the molecule is [C-]#[N+]c1cc(C2=NC(=O)c3c(-c4cc(C#N)c(C)c([N+]#[C-])c4)[nH]c(O)c32)cc(C#N)c1C. The first kappa shape index (κ1) is 20.1. The predicted octanol–water partition coefficient (Wildman–Crippen LogP) is 4.84. The molecule has 0 unspecified atom stereocenters. The molecule has 3 aromatic rings. The first-order valence-corrected chi connectivity index (χ1v) is 9.28. The molecule has 1 aliphatic rings. The van der Waals surface area contributed by atoms with E-state index in [4.69, 9.17) is 13.1 Å². The van der Waals surface area contributed by atoms with E-state index in [0.717, 1.165) is 0 Å². The Labute approximate surface area is 183 Å². The highest BCUT2D eigenvalue weighted by Crippen LogP contribution is 2.40. The fourth-order valence-electron chi connectivity index (χ4n) is 3.71. The highest BCUT2D eigenvalue weighted by atomic mass is 16.3. The number of nitriles is 2. The van der Waals surface area contributed by atoms with Crippen molar-refractivity contribution >= 4 is 23.0 Å². The minimum atomic E-state index is -0.617. The van der Waals surface area contributed by atoms with E-state index in [2.05, 4.69) is 19.7 Å². The first-order chi connectivity index (χ1) is 15.3. The molecule has 150 valence electrons. The second-order valence-corrected chi connectivity index (χ2v) is 7.15. The molecule has 4 rings (SSSR count). The van der Waals surface area contributed by atoms with Gasteiger partial charge in [-0.3, -0.25) is 4.79 Å². The van der Waals surface area contributed by atoms with Crippen LogP contribution in [0.4, 0.5) is 11.4 Å². The van der Waals surface area contributed by atoms with Gasteiger partial charge in [0.2, 0.25) is 0 Å². The van der Waals surface area contributed by atoms with E-state index in [-0.39, 0.29) is 50.9 Å². The van der Waals surface area contributed by atoms with Crippen LogP contribution >= 0.6 is 0 Å². The van der Waals surface area contributed by atoms with Gasteiger partial charge in [0, 0.05) is 11.1 Å². The smallest absolute Gasteiger partial charge is 0.280 e. The number of carbonyl (C=O) groups is 1. The minimum absolute atomic E-state index is 0.101. The van der Waals surface area contributed by atoms with Crippen LogP contribution in [0.3, 0.4) is 0 Å². The lowest BCUT2D eigenvalue weighted by Crippen LogP contribution is -2.01. The molecule has 8 heteroatoms. The van der Waals surface area contributed by atoms with Crippen LogP contribution < -0.4 is 0 Å². The highest BCUT2D eigenvalue weighted by Gasteiger charge is 2.34. The van der Waals surface area contributed by atoms with E-state index in [1.807, 2.05) is 12.1 Å². The van der Waals surface area contributed by atoms with E-state index >= 15 is 0 Å². The van der Waals surface area contributed by atoms with Gasteiger partial charge in [-0.2, -0.15) is 10.5 Å². The number of aromatic amines is 1. The number of rotatable bonds is 2. The molecule has 0 aliphatic carbocycles. The number of amides is 1. The zero-order valence-electron chi connectivity index (χ0n) is 16.9. The van der Waals surface area contributed by atoms with E-state index in [9.17, 15) is 20.4 Å². The number of aromatic hydroxyl groups is 1. The van der Waals surface area contributed by atoms with Gasteiger partial charge in [-0.05, 0) is 60.4 Å². The molecule has 1 amide bonds. The summed E-state index contributed by atoms with van der Waals surface area (Å²) in [5.74, 6) is -0.931. The second kappa shape index (κ2) is 7.26. The van der Waals surface area contributed by atoms with E-state index in [1.54, 1.807) is 13.8 Å². The topological polar surface area (TPSA) is 122 Å². The molecule has 0 atom stereocenters. The summed E-state index contributed by atoms with van der Waals surface area (Å²) in [4.78, 5) is 26.6. The van der Waals surface area contributed by atoms with Gasteiger partial charge in [-0.25, -0.2) is 14.7 Å². The number of fused-ring (bicyclic) bond motifs is 1. The number of aromatic nitrogens is 1. The van der Waals surface area contributed by atoms with Crippen molar-refractivity contribution in [3.8, 4) is 29.3 Å². The number of nitrogens with one attached hydrogen (secondary N) is 1. The second-order valence-electron chi connectivity index (χ2n) is 7.15. The quantitative estimate of drug-likeness (QED) is 0.580. The number of hydrogen-bond donors (Lipinski definition) is 2. The Morgan fingerprint density at radius 3 is 2.00 bits per heavy atom. The van der Waals surface area contributed by atoms with Gasteiger partial charge in [0.1, 0.15) is 0 Å². The first-order valence-electron chi connectivity index (χ1n) is 9.28. The van der Waals surface area contributed by atoms with Crippen LogP contribution in [0.5, 0.6) is 5.88 Å². The van der Waals surface area contributed by atoms with Gasteiger partial charge in [0.25, 0.3) is 5.91 Å². The molecular formula is C24H12N6O2. The summed E-state index contributed by atoms with van der Waals surface area (Å²) in [6.45, 7) is 18.1. The number of H-pyrrole nitrogens is 1. The maximum Gasteiger partial charge on any atom is 0.280 e. The van der Waals surface area contributed by atoms with Crippen molar-refractivity contribution in [2.24, 2.45) is 4.99 Å². The van der Waals surface area contributed by atoms with E-state index in [1.165, 1.54) is 24.3 Å². The van der Waals surface area contributed by atoms with Crippen molar-refractivity contribution in [2.75, 3.05) is 0 Å². The Hall–Kier alpha value is -5.18. The summed E-state index contributed by atoms with van der Waals surface area (Å²) in [6.07, 6.45) is 0. The third-order valence-corrected chi connectivity index (χ3v) is 5.45. The summed E-state index contributed by atoms with van der Waals surface area (Å²) < 4.78 is 0. The maximum atomic E-state index is 12.8. The molecule has 0 saturated heterocycles. The van der Waals surface area contributed by atoms with Gasteiger partial charge in [0.05, 0.1) is 47.8 Å². The molecule has 0 bridgehead atoms. The number of carbonyl (C=O) groups excluding carboxylic acids is 1. The predicted molar refractivity (Wildman–Crippen MR) is 116 cm³/mol. The number of aliphatic imine (C=N–C) groups is 1. The van der Waals surface area contributed by atoms with E-state index in [0.29, 0.717) is 22.3 Å². The summed E-state index contributed by atoms with van der Waals surface area (Å²) >= 11 is 0. The van der Waals surface area contributed by atoms with Crippen molar-refractivity contribution in [3.05, 3.63) is 86.0 Å². The fraction of sp³-hybridized carbons (Fsp3) is 0.0833. The lowest BCUT2D eigenvalue weighted by molar-refractivity contribution is 0.101. The van der Waals surface area contributed by atoms with Crippen LogP contribution in [-0.4, -0.2) is 21.7 Å². The van der Waals surface area contributed by atoms with Crippen LogP contribution in [0, 0.1) is 49.7 Å². The van der Waals surface area contributed by atoms with E-state index < -0.39 is 5.91 Å². The Balaban J connectivity index is 1.95. The van der Waals surface area contributed by atoms with Gasteiger partial charge in [-0.1, -0.05) is 0 Å². The van der Waals surface area contributed by atoms with Crippen molar-refractivity contribution < 1.29 is 9.90 Å². The molecule has 2 heterocycles. The minimum Gasteiger partial charge on any atom is -0.494 e. The zero-order chi connectivity index (χ0) is 23.2. The van der Waals surface area contributed by atoms with Crippen LogP contribution in [0.2, 0.25) is 0 Å². The normalized spacial score (nSPS) is 11.7. The van der Waals surface area contributed by atoms with Gasteiger partial charge >= 0.3 is 0 Å². The van der Waals surface area contributed by atoms with Crippen molar-refractivity contribution in [3.63, 3.8) is 0 Å². The standard InChI is InChI=1S/C24H12N6O2/c1-11-15(9-25)5-13(7-17(11)27-3)21-19-20(24(32)29-21)22(30-23(19)31)14-6-16(10-26)12(2)18(8-14)28-4/h5-8,29,32H,1-2H3. The summed E-state index contributed by atoms with van der Waals surface area (Å²) in [7, 11) is 0. The molecule has 0 saturated carbocycles. The average Bonchev–Trinajstić information content (AvgIpc) is 3.32. The van der Waals surface area contributed by atoms with Crippen LogP contribution in [0.1, 0.15) is 43.7 Å². The van der Waals surface area contributed by atoms with Crippen molar-refractivity contribution in [1.82, 2.24) is 4.98 Å². The third-order valence-electron chi connectivity index (χ3n) is 5.45. The summed E-state index contributed by atoms with van der Waals surface area (Å²) in [5.41, 5.74) is 3.48. The Morgan fingerprint density at radius 2 is 1.47 bits per heavy atom. The van der Waals surface area contributed by atoms with Gasteiger partial charge in [-0.15, -0.1) is 0 Å². The molecule has 0 fully saturated rings. The monoisotopic (exact) mass is 416 g/mol. The fourth-order valence-corrected chi connectivity index (χ4v) is 3.71. The van der Waals surface area contributed by atoms with Gasteiger partial charge < -0.3 is 10.1 Å². The Kier molecular flexibility index (Phi) is 4.56. The lowest BCUT2D eigenvalue weighted by Gasteiger charge is -2.06. The number of hydrogen-bond acceptors (Lipinski definition) is 4. The van der Waals surface area contributed by atoms with Crippen molar-refractivity contribution in [1.29, 1.82) is 10.5 Å². The Morgan fingerprint density at radius 1 is 0.938 bits per heavy atom. The van der Waals surface area contributed by atoms with Crippen LogP contribution in [0.25, 0.3) is 20.9 Å². The summed E-state index contributed by atoms with van der Waals surface area (Å²) in [5, 5.41) is 29.5. The number of nitrogens with zero attached hydrogens (tertiary/aromatic N) is 5. The Bertz CT molecular complexity index is 1490. The zero-order valence-corrected chi connectivity index (χ0v) is 16.9. The summed E-state index contributed by atoms with van der Waals surface area (Å²) in [6, 6.07) is 10.2. The van der Waals surface area contributed by atoms with Crippen LogP contribution in [0.15, 0.2) is 29.3 Å². The third kappa shape index (κ3) is 2.81. The molecular weight excluding hydrogens is 404 g/mol. The molecule has 1 aliphatic heterocycles. The molecule has 2 N–H and O–H groups in total. The molecule has 8 nitrogen and oxygen atoms in total. The molecule has 2 aromatic carbocycles.